The average molecular weight is 864 g/mol. The Kier molecular flexibility index (Phi) is 14.8. The predicted molar refractivity (Wildman–Crippen MR) is 239 cm³/mol. The summed E-state index contributed by atoms with van der Waals surface area (Å²) in [6.45, 7) is 14.3. The molecule has 3 aromatic carbocycles. The van der Waals surface area contributed by atoms with Gasteiger partial charge in [0, 0.05) is 54.8 Å². The van der Waals surface area contributed by atoms with Crippen LogP contribution in [-0.2, 0) is 30.3 Å². The zero-order valence-corrected chi connectivity index (χ0v) is 37.4. The monoisotopic (exact) mass is 863 g/mol. The maximum absolute atomic E-state index is 13.9. The number of nitrogens with one attached hydrogen (secondary N) is 5. The van der Waals surface area contributed by atoms with E-state index in [2.05, 4.69) is 41.9 Å². The molecule has 1 aliphatic heterocycles. The molecule has 1 saturated heterocycles. The fourth-order valence-corrected chi connectivity index (χ4v) is 7.78. The van der Waals surface area contributed by atoms with Crippen LogP contribution in [0.15, 0.2) is 66.7 Å². The second-order valence-electron chi connectivity index (χ2n) is 18.6. The second-order valence-corrected chi connectivity index (χ2v) is 18.6. The average Bonchev–Trinajstić information content (AvgIpc) is 3.78. The summed E-state index contributed by atoms with van der Waals surface area (Å²) in [7, 11) is 0. The van der Waals surface area contributed by atoms with Crippen molar-refractivity contribution < 1.29 is 33.4 Å². The van der Waals surface area contributed by atoms with Crippen LogP contribution in [-0.4, -0.2) is 92.3 Å². The number of tetrazole rings is 1. The van der Waals surface area contributed by atoms with E-state index in [0.717, 1.165) is 40.7 Å². The molecule has 16 nitrogen and oxygen atoms in total. The summed E-state index contributed by atoms with van der Waals surface area (Å²) in [6, 6.07) is 19.9. The van der Waals surface area contributed by atoms with Crippen molar-refractivity contribution in [1.82, 2.24) is 36.2 Å². The van der Waals surface area contributed by atoms with Gasteiger partial charge in [-0.05, 0) is 151 Å². The lowest BCUT2D eigenvalue weighted by Crippen LogP contribution is -2.48. The summed E-state index contributed by atoms with van der Waals surface area (Å²) in [5.74, 6) is -0.452. The Hall–Kier alpha value is -6.32. The van der Waals surface area contributed by atoms with Crippen LogP contribution in [0.4, 0.5) is 21.0 Å². The minimum atomic E-state index is -0.871. The Bertz CT molecular complexity index is 2200. The van der Waals surface area contributed by atoms with Crippen molar-refractivity contribution in [3.05, 3.63) is 77.9 Å². The van der Waals surface area contributed by atoms with Gasteiger partial charge in [-0.2, -0.15) is 5.21 Å². The summed E-state index contributed by atoms with van der Waals surface area (Å²) in [6.07, 6.45) is 3.34. The smallest absolute Gasteiger partial charge is 0.410 e. The van der Waals surface area contributed by atoms with E-state index < -0.39 is 23.3 Å². The minimum absolute atomic E-state index is 0.0769. The quantitative estimate of drug-likeness (QED) is 0.0952. The standard InChI is InChI=1S/C47H61N9O7/c1-29-8-13-36(27-38(29)50-42(58)35-22-24-56(25-23-35)45(61)63-47(5,6)7)32-14-9-30(10-15-32)26-39(43(59)49-37-20-18-33(19-21-37)40-52-54-55-53-40)51-41(57)34-16-11-31(12-17-34)28-48-44(60)62-46(2,3)4/h8-10,13-15,18-21,27,31,34-35,39H,11-12,16-17,22-26,28H2,1-7H3,(H,48,60)(H,49,59)(H,50,58)(H,51,57)(H,52,53,54,55)/t31?,34?,39-/m0/s1. The number of alkyl carbamates (subject to hydrolysis) is 1. The summed E-state index contributed by atoms with van der Waals surface area (Å²) in [4.78, 5) is 67.5. The SMILES string of the molecule is Cc1ccc(-c2ccc(C[C@H](NC(=O)C3CCC(CNC(=O)OC(C)(C)C)CC3)C(=O)Nc3ccc(-c4nn[nH]n4)cc3)cc2)cc1NC(=O)C1CCN(C(=O)OC(C)(C)C)CC1. The molecule has 1 atom stereocenters. The fraction of sp³-hybridized carbons (Fsp3) is 0.489. The number of nitrogens with zero attached hydrogens (tertiary/aromatic N) is 4. The largest absolute Gasteiger partial charge is 0.444 e. The first-order valence-electron chi connectivity index (χ1n) is 21.8. The molecule has 5 amide bonds. The number of amides is 5. The number of anilines is 2. The van der Waals surface area contributed by atoms with Crippen LogP contribution in [0.1, 0.15) is 91.2 Å². The van der Waals surface area contributed by atoms with Gasteiger partial charge in [-0.25, -0.2) is 9.59 Å². The molecule has 336 valence electrons. The second kappa shape index (κ2) is 20.2. The molecular weight excluding hydrogens is 803 g/mol. The number of likely N-dealkylation sites (tertiary alicyclic amines) is 1. The zero-order chi connectivity index (χ0) is 45.3. The van der Waals surface area contributed by atoms with E-state index >= 15 is 0 Å². The molecule has 63 heavy (non-hydrogen) atoms. The lowest BCUT2D eigenvalue weighted by atomic mass is 9.81. The van der Waals surface area contributed by atoms with E-state index in [1.54, 1.807) is 29.2 Å². The summed E-state index contributed by atoms with van der Waals surface area (Å²) < 4.78 is 10.9. The first kappa shape index (κ1) is 46.2. The molecular formula is C47H61N9O7. The minimum Gasteiger partial charge on any atom is -0.444 e. The van der Waals surface area contributed by atoms with Gasteiger partial charge in [0.15, 0.2) is 0 Å². The number of piperidine rings is 1. The van der Waals surface area contributed by atoms with Gasteiger partial charge in [0.05, 0.1) is 0 Å². The number of ether oxygens (including phenoxy) is 2. The molecule has 4 aromatic rings. The number of benzene rings is 3. The Balaban J connectivity index is 1.09. The van der Waals surface area contributed by atoms with E-state index in [9.17, 15) is 24.0 Å². The number of aromatic amines is 1. The number of hydrogen-bond acceptors (Lipinski definition) is 10. The molecule has 0 bridgehead atoms. The first-order valence-corrected chi connectivity index (χ1v) is 21.8. The Morgan fingerprint density at radius 2 is 1.37 bits per heavy atom. The van der Waals surface area contributed by atoms with Gasteiger partial charge in [0.25, 0.3) is 0 Å². The molecule has 16 heteroatoms. The summed E-state index contributed by atoms with van der Waals surface area (Å²) in [5.41, 5.74) is 4.44. The van der Waals surface area contributed by atoms with Crippen LogP contribution >= 0.6 is 0 Å². The molecule has 1 aromatic heterocycles. The van der Waals surface area contributed by atoms with Gasteiger partial charge in [0.1, 0.15) is 17.2 Å². The summed E-state index contributed by atoms with van der Waals surface area (Å²) >= 11 is 0. The third kappa shape index (κ3) is 13.6. The van der Waals surface area contributed by atoms with Gasteiger partial charge in [-0.15, -0.1) is 10.2 Å². The Morgan fingerprint density at radius 1 is 0.746 bits per heavy atom. The molecule has 2 aliphatic rings. The van der Waals surface area contributed by atoms with Crippen molar-refractivity contribution in [3.63, 3.8) is 0 Å². The van der Waals surface area contributed by atoms with Crippen LogP contribution in [0, 0.1) is 24.7 Å². The maximum atomic E-state index is 13.9. The number of aromatic nitrogens is 4. The number of hydrogen-bond donors (Lipinski definition) is 5. The third-order valence-corrected chi connectivity index (χ3v) is 11.3. The van der Waals surface area contributed by atoms with Gasteiger partial charge >= 0.3 is 12.2 Å². The third-order valence-electron chi connectivity index (χ3n) is 11.3. The lowest BCUT2D eigenvalue weighted by molar-refractivity contribution is -0.130. The number of carbonyl (C=O) groups excluding carboxylic acids is 5. The molecule has 0 spiro atoms. The van der Waals surface area contributed by atoms with E-state index in [1.807, 2.05) is 90.9 Å². The highest BCUT2D eigenvalue weighted by molar-refractivity contribution is 5.98. The number of carbonyl (C=O) groups is 5. The molecule has 6 rings (SSSR count). The maximum Gasteiger partial charge on any atom is 0.410 e. The zero-order valence-electron chi connectivity index (χ0n) is 37.4. The van der Waals surface area contributed by atoms with Crippen LogP contribution in [0.25, 0.3) is 22.5 Å². The number of aryl methyl sites for hydroxylation is 1. The first-order chi connectivity index (χ1) is 29.9. The topological polar surface area (TPSA) is 210 Å². The molecule has 0 unspecified atom stereocenters. The van der Waals surface area contributed by atoms with E-state index in [0.29, 0.717) is 62.5 Å². The molecule has 2 heterocycles. The fourth-order valence-electron chi connectivity index (χ4n) is 7.78. The van der Waals surface area contributed by atoms with Crippen molar-refractivity contribution in [2.45, 2.75) is 111 Å². The summed E-state index contributed by atoms with van der Waals surface area (Å²) in [5, 5.41) is 26.1. The van der Waals surface area contributed by atoms with Crippen molar-refractivity contribution in [2.75, 3.05) is 30.3 Å². The van der Waals surface area contributed by atoms with Gasteiger partial charge < -0.3 is 35.6 Å². The molecule has 1 saturated carbocycles. The van der Waals surface area contributed by atoms with Crippen LogP contribution in [0.3, 0.4) is 0 Å². The lowest BCUT2D eigenvalue weighted by Gasteiger charge is -2.33. The number of rotatable bonds is 12. The van der Waals surface area contributed by atoms with E-state index in [1.165, 1.54) is 0 Å². The Morgan fingerprint density at radius 3 is 1.98 bits per heavy atom. The highest BCUT2D eigenvalue weighted by Crippen LogP contribution is 2.30. The number of H-pyrrole nitrogens is 1. The van der Waals surface area contributed by atoms with Crippen LogP contribution in [0.2, 0.25) is 0 Å². The normalized spacial score (nSPS) is 17.5. The Labute approximate surface area is 369 Å². The van der Waals surface area contributed by atoms with Gasteiger partial charge in [-0.1, -0.05) is 36.4 Å². The van der Waals surface area contributed by atoms with Crippen molar-refractivity contribution in [1.29, 1.82) is 0 Å². The van der Waals surface area contributed by atoms with Crippen molar-refractivity contribution in [3.8, 4) is 22.5 Å². The van der Waals surface area contributed by atoms with Crippen LogP contribution < -0.4 is 21.3 Å². The highest BCUT2D eigenvalue weighted by Gasteiger charge is 2.32. The van der Waals surface area contributed by atoms with E-state index in [4.69, 9.17) is 9.47 Å². The van der Waals surface area contributed by atoms with Crippen LogP contribution in [0.5, 0.6) is 0 Å². The predicted octanol–water partition coefficient (Wildman–Crippen LogP) is 7.42. The van der Waals surface area contributed by atoms with Gasteiger partial charge in [0.2, 0.25) is 23.5 Å². The highest BCUT2D eigenvalue weighted by atomic mass is 16.6. The molecule has 1 aliphatic carbocycles. The van der Waals surface area contributed by atoms with E-state index in [-0.39, 0.29) is 48.0 Å². The van der Waals surface area contributed by atoms with Crippen molar-refractivity contribution >= 4 is 41.3 Å². The molecule has 2 fully saturated rings. The van der Waals surface area contributed by atoms with Gasteiger partial charge in [-0.3, -0.25) is 14.4 Å². The molecule has 0 radical (unpaired) electrons. The molecule has 5 N–H and O–H groups in total. The van der Waals surface area contributed by atoms with Crippen molar-refractivity contribution in [2.24, 2.45) is 17.8 Å².